The van der Waals surface area contributed by atoms with Gasteiger partial charge >= 0.3 is 0 Å². The topological polar surface area (TPSA) is 71.4 Å². The van der Waals surface area contributed by atoms with E-state index in [2.05, 4.69) is 13.8 Å². The summed E-state index contributed by atoms with van der Waals surface area (Å²) in [6.45, 7) is 3.76. The van der Waals surface area contributed by atoms with Crippen molar-refractivity contribution < 1.29 is 19.5 Å². The van der Waals surface area contributed by atoms with Gasteiger partial charge in [0.05, 0.1) is 0 Å². The van der Waals surface area contributed by atoms with Crippen LogP contribution >= 0.6 is 0 Å². The number of rotatable bonds is 2. The minimum absolute atomic E-state index is 0.0218. The Bertz CT molecular complexity index is 717. The zero-order valence-corrected chi connectivity index (χ0v) is 15.0. The van der Waals surface area contributed by atoms with Crippen molar-refractivity contribution in [1.29, 1.82) is 0 Å². The lowest BCUT2D eigenvalue weighted by Gasteiger charge is -2.55. The third kappa shape index (κ3) is 2.19. The molecule has 6 atom stereocenters. The fourth-order valence-corrected chi connectivity index (χ4v) is 6.67. The molecule has 4 aliphatic carbocycles. The maximum atomic E-state index is 13.3. The second-order valence-electron chi connectivity index (χ2n) is 8.88. The van der Waals surface area contributed by atoms with E-state index in [9.17, 15) is 19.5 Å². The van der Waals surface area contributed by atoms with Crippen molar-refractivity contribution in [2.75, 3.05) is 6.61 Å². The van der Waals surface area contributed by atoms with Gasteiger partial charge in [-0.3, -0.25) is 14.4 Å². The molecular formula is C21H26O4. The lowest BCUT2D eigenvalue weighted by atomic mass is 9.47. The Morgan fingerprint density at radius 2 is 2.00 bits per heavy atom. The molecule has 25 heavy (non-hydrogen) atoms. The average Bonchev–Trinajstić information content (AvgIpc) is 2.91. The maximum absolute atomic E-state index is 13.3. The summed E-state index contributed by atoms with van der Waals surface area (Å²) < 4.78 is 0. The molecule has 0 heterocycles. The summed E-state index contributed by atoms with van der Waals surface area (Å²) in [5, 5.41) is 9.34. The van der Waals surface area contributed by atoms with Crippen LogP contribution in [0, 0.1) is 34.5 Å². The summed E-state index contributed by atoms with van der Waals surface area (Å²) in [5.41, 5.74) is 0.428. The van der Waals surface area contributed by atoms with E-state index in [0.29, 0.717) is 12.3 Å². The highest BCUT2D eigenvalue weighted by Gasteiger charge is 2.62. The Balaban J connectivity index is 1.73. The third-order valence-electron chi connectivity index (χ3n) is 7.80. The number of hydrogen-bond acceptors (Lipinski definition) is 4. The summed E-state index contributed by atoms with van der Waals surface area (Å²) in [5.74, 6) is 0.477. The Kier molecular flexibility index (Phi) is 3.70. The van der Waals surface area contributed by atoms with Crippen molar-refractivity contribution in [2.45, 2.75) is 46.0 Å². The van der Waals surface area contributed by atoms with E-state index in [1.54, 1.807) is 12.2 Å². The Morgan fingerprint density at radius 1 is 1.24 bits per heavy atom. The molecule has 134 valence electrons. The van der Waals surface area contributed by atoms with Gasteiger partial charge in [-0.15, -0.1) is 0 Å². The molecule has 0 aromatic rings. The van der Waals surface area contributed by atoms with Gasteiger partial charge in [0.2, 0.25) is 0 Å². The molecule has 0 amide bonds. The SMILES string of the molecule is C[C@]12CC(=O)[C@@H]3[C@@H](CCC4=CC(=O)C=C[C@@]43C)[C@@H]1CC[C@@H]2C(=O)CO. The normalized spacial score (nSPS) is 45.5. The second kappa shape index (κ2) is 5.47. The van der Waals surface area contributed by atoms with Gasteiger partial charge in [0.15, 0.2) is 11.6 Å². The van der Waals surface area contributed by atoms with E-state index in [0.717, 1.165) is 31.3 Å². The van der Waals surface area contributed by atoms with Crippen LogP contribution in [0.5, 0.6) is 0 Å². The van der Waals surface area contributed by atoms with Gasteiger partial charge in [0.1, 0.15) is 12.4 Å². The quantitative estimate of drug-likeness (QED) is 0.837. The number of allylic oxidation sites excluding steroid dienone is 4. The first-order chi connectivity index (χ1) is 11.8. The van der Waals surface area contributed by atoms with E-state index in [4.69, 9.17) is 0 Å². The number of ketones is 3. The smallest absolute Gasteiger partial charge is 0.178 e. The average molecular weight is 342 g/mol. The van der Waals surface area contributed by atoms with Gasteiger partial charge in [0.25, 0.3) is 0 Å². The molecule has 0 aromatic carbocycles. The van der Waals surface area contributed by atoms with Gasteiger partial charge in [-0.25, -0.2) is 0 Å². The van der Waals surface area contributed by atoms with Crippen molar-refractivity contribution in [3.05, 3.63) is 23.8 Å². The summed E-state index contributed by atoms with van der Waals surface area (Å²) in [6, 6.07) is 0. The standard InChI is InChI=1S/C21H26O4/c1-20-8-7-13(23)9-12(20)3-4-14-15-5-6-16(18(25)11-22)21(15,2)10-17(24)19(14)20/h7-9,14-16,19,22H,3-6,10-11H2,1-2H3/t14-,15-,16+,19-,20-,21-/m0/s1. The first-order valence-electron chi connectivity index (χ1n) is 9.42. The fraction of sp³-hybridized carbons (Fsp3) is 0.667. The molecule has 4 nitrogen and oxygen atoms in total. The van der Waals surface area contributed by atoms with Crippen LogP contribution in [0.2, 0.25) is 0 Å². The van der Waals surface area contributed by atoms with Crippen LogP contribution in [-0.2, 0) is 14.4 Å². The molecule has 4 aliphatic rings. The van der Waals surface area contributed by atoms with Crippen LogP contribution in [0.3, 0.4) is 0 Å². The lowest BCUT2D eigenvalue weighted by molar-refractivity contribution is -0.146. The van der Waals surface area contributed by atoms with E-state index < -0.39 is 6.61 Å². The highest BCUT2D eigenvalue weighted by molar-refractivity contribution is 6.01. The predicted octanol–water partition coefficient (Wildman–Crippen LogP) is 2.65. The van der Waals surface area contributed by atoms with Crippen molar-refractivity contribution in [2.24, 2.45) is 34.5 Å². The number of carbonyl (C=O) groups excluding carboxylic acids is 3. The molecule has 0 aromatic heterocycles. The molecule has 4 rings (SSSR count). The predicted molar refractivity (Wildman–Crippen MR) is 92.6 cm³/mol. The van der Waals surface area contributed by atoms with E-state index >= 15 is 0 Å². The van der Waals surface area contributed by atoms with Crippen LogP contribution < -0.4 is 0 Å². The van der Waals surface area contributed by atoms with Gasteiger partial charge in [0, 0.05) is 23.7 Å². The van der Waals surface area contributed by atoms with Crippen molar-refractivity contribution in [3.63, 3.8) is 0 Å². The molecule has 0 aliphatic heterocycles. The zero-order chi connectivity index (χ0) is 18.0. The van der Waals surface area contributed by atoms with Crippen LogP contribution in [0.4, 0.5) is 0 Å². The van der Waals surface area contributed by atoms with Gasteiger partial charge in [-0.05, 0) is 55.1 Å². The monoisotopic (exact) mass is 342 g/mol. The minimum Gasteiger partial charge on any atom is -0.389 e. The third-order valence-corrected chi connectivity index (χ3v) is 7.80. The number of hydrogen-bond donors (Lipinski definition) is 1. The Hall–Kier alpha value is -1.55. The fourth-order valence-electron chi connectivity index (χ4n) is 6.67. The zero-order valence-electron chi connectivity index (χ0n) is 15.0. The van der Waals surface area contributed by atoms with E-state index in [1.807, 2.05) is 6.08 Å². The maximum Gasteiger partial charge on any atom is 0.178 e. The number of Topliss-reactive ketones (excluding diaryl/α,β-unsaturated/α-hetero) is 2. The first kappa shape index (κ1) is 16.9. The van der Waals surface area contributed by atoms with Gasteiger partial charge < -0.3 is 5.11 Å². The van der Waals surface area contributed by atoms with Crippen LogP contribution in [0.1, 0.15) is 46.0 Å². The van der Waals surface area contributed by atoms with E-state index in [1.165, 1.54) is 0 Å². The summed E-state index contributed by atoms with van der Waals surface area (Å²) in [7, 11) is 0. The van der Waals surface area contributed by atoms with E-state index in [-0.39, 0.29) is 45.9 Å². The molecule has 0 spiro atoms. The van der Waals surface area contributed by atoms with Crippen LogP contribution in [-0.4, -0.2) is 29.1 Å². The van der Waals surface area contributed by atoms with Crippen LogP contribution in [0.15, 0.2) is 23.8 Å². The lowest BCUT2D eigenvalue weighted by Crippen LogP contribution is -2.54. The molecule has 0 bridgehead atoms. The molecule has 0 radical (unpaired) electrons. The van der Waals surface area contributed by atoms with Gasteiger partial charge in [-0.2, -0.15) is 0 Å². The molecule has 3 fully saturated rings. The number of carbonyl (C=O) groups is 3. The largest absolute Gasteiger partial charge is 0.389 e. The molecule has 4 heteroatoms. The van der Waals surface area contributed by atoms with Crippen molar-refractivity contribution >= 4 is 17.3 Å². The summed E-state index contributed by atoms with van der Waals surface area (Å²) >= 11 is 0. The molecule has 0 unspecified atom stereocenters. The number of fused-ring (bicyclic) bond motifs is 5. The number of aliphatic hydroxyl groups excluding tert-OH is 1. The summed E-state index contributed by atoms with van der Waals surface area (Å²) in [4.78, 5) is 37.3. The van der Waals surface area contributed by atoms with Crippen molar-refractivity contribution in [3.8, 4) is 0 Å². The molecule has 0 saturated heterocycles. The molecule has 3 saturated carbocycles. The highest BCUT2D eigenvalue weighted by atomic mass is 16.3. The summed E-state index contributed by atoms with van der Waals surface area (Å²) in [6.07, 6.45) is 9.21. The van der Waals surface area contributed by atoms with Crippen molar-refractivity contribution in [1.82, 2.24) is 0 Å². The Morgan fingerprint density at radius 3 is 2.72 bits per heavy atom. The molecule has 1 N–H and O–H groups in total. The minimum atomic E-state index is -0.426. The molecular weight excluding hydrogens is 316 g/mol. The Labute approximate surface area is 148 Å². The van der Waals surface area contributed by atoms with Crippen LogP contribution in [0.25, 0.3) is 0 Å². The number of aliphatic hydroxyl groups is 1. The van der Waals surface area contributed by atoms with Gasteiger partial charge in [-0.1, -0.05) is 25.5 Å². The highest BCUT2D eigenvalue weighted by Crippen LogP contribution is 2.64. The first-order valence-corrected chi connectivity index (χ1v) is 9.42. The second-order valence-corrected chi connectivity index (χ2v) is 8.88.